The monoisotopic (exact) mass is 449 g/mol. The van der Waals surface area contributed by atoms with Crippen LogP contribution in [0.25, 0.3) is 21.3 Å². The smallest absolute Gasteiger partial charge is 0.262 e. The number of nitrogens with one attached hydrogen (secondary N) is 1. The molecule has 164 valence electrons. The highest BCUT2D eigenvalue weighted by Gasteiger charge is 2.14. The van der Waals surface area contributed by atoms with Crippen molar-refractivity contribution in [3.05, 3.63) is 70.1 Å². The lowest BCUT2D eigenvalue weighted by Gasteiger charge is -2.12. The first kappa shape index (κ1) is 21.6. The van der Waals surface area contributed by atoms with Crippen LogP contribution in [-0.2, 0) is 11.3 Å². The molecule has 0 saturated heterocycles. The zero-order chi connectivity index (χ0) is 22.7. The fraction of sp³-hybridized carbons (Fsp3) is 0.208. The van der Waals surface area contributed by atoms with Crippen molar-refractivity contribution in [2.24, 2.45) is 0 Å². The van der Waals surface area contributed by atoms with Gasteiger partial charge in [0.1, 0.15) is 16.3 Å². The molecule has 1 N–H and O–H groups in total. The molecule has 0 atom stereocenters. The number of nitrogens with zero attached hydrogens (tertiary/aromatic N) is 2. The third kappa shape index (κ3) is 4.36. The minimum absolute atomic E-state index is 0.117. The largest absolute Gasteiger partial charge is 0.497 e. The van der Waals surface area contributed by atoms with Crippen LogP contribution < -0.4 is 20.3 Å². The van der Waals surface area contributed by atoms with Gasteiger partial charge in [-0.1, -0.05) is 29.8 Å². The lowest BCUT2D eigenvalue weighted by Crippen LogP contribution is -2.23. The first-order chi connectivity index (χ1) is 15.5. The lowest BCUT2D eigenvalue weighted by molar-refractivity contribution is -0.116. The zero-order valence-corrected chi connectivity index (χ0v) is 18.9. The van der Waals surface area contributed by atoms with Gasteiger partial charge in [0.2, 0.25) is 5.91 Å². The number of anilines is 1. The van der Waals surface area contributed by atoms with Gasteiger partial charge in [-0.15, -0.1) is 11.3 Å². The second-order valence-electron chi connectivity index (χ2n) is 7.30. The number of fused-ring (bicyclic) bond motifs is 1. The molecule has 4 rings (SSSR count). The average molecular weight is 450 g/mol. The number of ether oxygens (including phenoxy) is 2. The van der Waals surface area contributed by atoms with Crippen LogP contribution in [0.15, 0.2) is 59.0 Å². The van der Waals surface area contributed by atoms with E-state index in [0.29, 0.717) is 27.4 Å². The Balaban J connectivity index is 1.53. The Morgan fingerprint density at radius 1 is 1.12 bits per heavy atom. The Morgan fingerprint density at radius 2 is 1.91 bits per heavy atom. The Morgan fingerprint density at radius 3 is 2.62 bits per heavy atom. The van der Waals surface area contributed by atoms with Crippen LogP contribution >= 0.6 is 11.3 Å². The van der Waals surface area contributed by atoms with E-state index in [1.165, 1.54) is 29.3 Å². The predicted octanol–water partition coefficient (Wildman–Crippen LogP) is 4.48. The molecule has 2 aromatic carbocycles. The van der Waals surface area contributed by atoms with E-state index in [0.717, 1.165) is 16.7 Å². The lowest BCUT2D eigenvalue weighted by atomic mass is 10.1. The van der Waals surface area contributed by atoms with Gasteiger partial charge in [0.25, 0.3) is 5.56 Å². The number of carbonyl (C=O) groups excluding carboxylic acids is 1. The van der Waals surface area contributed by atoms with Crippen LogP contribution in [0.4, 0.5) is 5.69 Å². The van der Waals surface area contributed by atoms with Crippen molar-refractivity contribution >= 4 is 33.1 Å². The van der Waals surface area contributed by atoms with E-state index in [-0.39, 0.29) is 24.4 Å². The molecule has 2 aromatic heterocycles. The van der Waals surface area contributed by atoms with Crippen LogP contribution in [0.2, 0.25) is 0 Å². The van der Waals surface area contributed by atoms with Crippen LogP contribution in [0.3, 0.4) is 0 Å². The summed E-state index contributed by atoms with van der Waals surface area (Å²) in [6.45, 7) is 2.24. The first-order valence-corrected chi connectivity index (χ1v) is 10.9. The molecule has 7 nitrogen and oxygen atoms in total. The second-order valence-corrected chi connectivity index (χ2v) is 8.16. The van der Waals surface area contributed by atoms with Crippen molar-refractivity contribution in [1.82, 2.24) is 9.55 Å². The van der Waals surface area contributed by atoms with E-state index in [2.05, 4.69) is 10.3 Å². The van der Waals surface area contributed by atoms with Crippen LogP contribution in [-0.4, -0.2) is 29.7 Å². The zero-order valence-electron chi connectivity index (χ0n) is 18.0. The SMILES string of the molecule is COc1ccc(NC(=O)CCn2cnc3scc(-c4ccc(C)cc4)c3c2=O)c(OC)c1. The van der Waals surface area contributed by atoms with Gasteiger partial charge in [-0.05, 0) is 24.6 Å². The summed E-state index contributed by atoms with van der Waals surface area (Å²) >= 11 is 1.44. The number of carbonyl (C=O) groups is 1. The molecule has 0 aliphatic heterocycles. The van der Waals surface area contributed by atoms with Gasteiger partial charge < -0.3 is 14.8 Å². The van der Waals surface area contributed by atoms with Crippen molar-refractivity contribution in [2.45, 2.75) is 19.9 Å². The third-order valence-corrected chi connectivity index (χ3v) is 6.07. The molecule has 0 fully saturated rings. The summed E-state index contributed by atoms with van der Waals surface area (Å²) in [5.41, 5.74) is 3.39. The number of hydrogen-bond acceptors (Lipinski definition) is 6. The van der Waals surface area contributed by atoms with Gasteiger partial charge >= 0.3 is 0 Å². The Bertz CT molecular complexity index is 1330. The maximum absolute atomic E-state index is 13.2. The van der Waals surface area contributed by atoms with E-state index in [9.17, 15) is 9.59 Å². The van der Waals surface area contributed by atoms with Gasteiger partial charge in [-0.2, -0.15) is 0 Å². The van der Waals surface area contributed by atoms with E-state index in [1.807, 2.05) is 36.6 Å². The number of aromatic nitrogens is 2. The maximum atomic E-state index is 13.2. The molecule has 0 unspecified atom stereocenters. The maximum Gasteiger partial charge on any atom is 0.262 e. The highest BCUT2D eigenvalue weighted by Crippen LogP contribution is 2.31. The minimum Gasteiger partial charge on any atom is -0.497 e. The van der Waals surface area contributed by atoms with Gasteiger partial charge in [-0.3, -0.25) is 14.2 Å². The standard InChI is InChI=1S/C24H23N3O4S/c1-15-4-6-16(7-5-15)18-13-32-23-22(18)24(29)27(14-25-23)11-10-21(28)26-19-9-8-17(30-2)12-20(19)31-3/h4-9,12-14H,10-11H2,1-3H3,(H,26,28). The minimum atomic E-state index is -0.232. The fourth-order valence-corrected chi connectivity index (χ4v) is 4.32. The van der Waals surface area contributed by atoms with Crippen molar-refractivity contribution in [2.75, 3.05) is 19.5 Å². The number of methoxy groups -OCH3 is 2. The topological polar surface area (TPSA) is 82.5 Å². The first-order valence-electron chi connectivity index (χ1n) is 10.1. The van der Waals surface area contributed by atoms with E-state index in [1.54, 1.807) is 25.3 Å². The number of rotatable bonds is 7. The number of hydrogen-bond donors (Lipinski definition) is 1. The molecular weight excluding hydrogens is 426 g/mol. The summed E-state index contributed by atoms with van der Waals surface area (Å²) in [6.07, 6.45) is 1.62. The van der Waals surface area contributed by atoms with E-state index >= 15 is 0 Å². The molecule has 0 saturated carbocycles. The van der Waals surface area contributed by atoms with Crippen molar-refractivity contribution in [3.8, 4) is 22.6 Å². The highest BCUT2D eigenvalue weighted by molar-refractivity contribution is 7.17. The normalized spacial score (nSPS) is 10.8. The number of aryl methyl sites for hydroxylation is 2. The predicted molar refractivity (Wildman–Crippen MR) is 127 cm³/mol. The van der Waals surface area contributed by atoms with Gasteiger partial charge in [0.05, 0.1) is 31.6 Å². The Hall–Kier alpha value is -3.65. The summed E-state index contributed by atoms with van der Waals surface area (Å²) in [5.74, 6) is 0.898. The Kier molecular flexibility index (Phi) is 6.23. The molecule has 0 radical (unpaired) electrons. The van der Waals surface area contributed by atoms with E-state index < -0.39 is 0 Å². The van der Waals surface area contributed by atoms with Crippen LogP contribution in [0, 0.1) is 6.92 Å². The molecule has 0 aliphatic rings. The molecule has 4 aromatic rings. The summed E-state index contributed by atoms with van der Waals surface area (Å²) < 4.78 is 12.0. The number of benzene rings is 2. The summed E-state index contributed by atoms with van der Waals surface area (Å²) in [7, 11) is 3.09. The molecule has 8 heteroatoms. The van der Waals surface area contributed by atoms with Crippen molar-refractivity contribution < 1.29 is 14.3 Å². The third-order valence-electron chi connectivity index (χ3n) is 5.19. The number of amides is 1. The van der Waals surface area contributed by atoms with Gasteiger partial charge in [0, 0.05) is 30.0 Å². The molecule has 1 amide bonds. The highest BCUT2D eigenvalue weighted by atomic mass is 32.1. The Labute approximate surface area is 189 Å². The van der Waals surface area contributed by atoms with Crippen molar-refractivity contribution in [1.29, 1.82) is 0 Å². The van der Waals surface area contributed by atoms with Gasteiger partial charge in [0.15, 0.2) is 0 Å². The van der Waals surface area contributed by atoms with Gasteiger partial charge in [-0.25, -0.2) is 4.98 Å². The van der Waals surface area contributed by atoms with Crippen molar-refractivity contribution in [3.63, 3.8) is 0 Å². The molecule has 0 bridgehead atoms. The summed E-state index contributed by atoms with van der Waals surface area (Å²) in [6, 6.07) is 13.2. The number of thiophene rings is 1. The summed E-state index contributed by atoms with van der Waals surface area (Å²) in [5, 5.41) is 5.36. The van der Waals surface area contributed by atoms with Crippen LogP contribution in [0.5, 0.6) is 11.5 Å². The molecule has 32 heavy (non-hydrogen) atoms. The molecular formula is C24H23N3O4S. The fourth-order valence-electron chi connectivity index (χ4n) is 3.41. The average Bonchev–Trinajstić information content (AvgIpc) is 3.24. The second kappa shape index (κ2) is 9.23. The van der Waals surface area contributed by atoms with Crippen LogP contribution in [0.1, 0.15) is 12.0 Å². The molecule has 0 spiro atoms. The summed E-state index contributed by atoms with van der Waals surface area (Å²) in [4.78, 5) is 30.8. The molecule has 2 heterocycles. The quantitative estimate of drug-likeness (QED) is 0.450. The molecule has 0 aliphatic carbocycles. The van der Waals surface area contributed by atoms with E-state index in [4.69, 9.17) is 9.47 Å².